The summed E-state index contributed by atoms with van der Waals surface area (Å²) < 4.78 is 1.02. The number of aromatic nitrogens is 2. The van der Waals surface area contributed by atoms with E-state index in [1.807, 2.05) is 44.4 Å². The van der Waals surface area contributed by atoms with E-state index in [0.29, 0.717) is 0 Å². The Morgan fingerprint density at radius 1 is 1.28 bits per heavy atom. The van der Waals surface area contributed by atoms with Gasteiger partial charge < -0.3 is 5.73 Å². The predicted octanol–water partition coefficient (Wildman–Crippen LogP) is 3.72. The highest BCUT2D eigenvalue weighted by molar-refractivity contribution is 9.10. The van der Waals surface area contributed by atoms with Gasteiger partial charge in [-0.3, -0.25) is 0 Å². The fourth-order valence-corrected chi connectivity index (χ4v) is 2.75. The largest absolute Gasteiger partial charge is 0.324 e. The van der Waals surface area contributed by atoms with Gasteiger partial charge >= 0.3 is 0 Å². The highest BCUT2D eigenvalue weighted by Crippen LogP contribution is 2.32. The third kappa shape index (κ3) is 3.31. The minimum atomic E-state index is 0.0379. The van der Waals surface area contributed by atoms with E-state index in [0.717, 1.165) is 25.7 Å². The van der Waals surface area contributed by atoms with Crippen LogP contribution in [-0.4, -0.2) is 9.97 Å². The third-order valence-corrected chi connectivity index (χ3v) is 4.33. The zero-order chi connectivity index (χ0) is 13.1. The first-order valence-electron chi connectivity index (χ1n) is 5.58. The van der Waals surface area contributed by atoms with Gasteiger partial charge in [0.05, 0.1) is 0 Å². The highest BCUT2D eigenvalue weighted by Gasteiger charge is 2.07. The molecule has 0 aliphatic rings. The molecule has 0 aliphatic heterocycles. The van der Waals surface area contributed by atoms with Crippen molar-refractivity contribution in [3.05, 3.63) is 46.2 Å². The molecule has 1 aromatic heterocycles. The average molecular weight is 324 g/mol. The third-order valence-electron chi connectivity index (χ3n) is 2.44. The fraction of sp³-hybridized carbons (Fsp3) is 0.231. The zero-order valence-electron chi connectivity index (χ0n) is 10.2. The Morgan fingerprint density at radius 3 is 2.50 bits per heavy atom. The molecule has 0 aliphatic carbocycles. The number of benzene rings is 1. The van der Waals surface area contributed by atoms with Crippen molar-refractivity contribution in [2.45, 2.75) is 29.9 Å². The maximum atomic E-state index is 5.85. The molecule has 0 spiro atoms. The molecule has 0 fully saturated rings. The second-order valence-electron chi connectivity index (χ2n) is 4.12. The maximum absolute atomic E-state index is 5.85. The van der Waals surface area contributed by atoms with Crippen LogP contribution in [0.2, 0.25) is 0 Å². The number of rotatable bonds is 3. The molecule has 0 radical (unpaired) electrons. The smallest absolute Gasteiger partial charge is 0.192 e. The summed E-state index contributed by atoms with van der Waals surface area (Å²) in [4.78, 5) is 9.64. The molecular weight excluding hydrogens is 310 g/mol. The van der Waals surface area contributed by atoms with Crippen LogP contribution in [-0.2, 0) is 0 Å². The Kier molecular flexibility index (Phi) is 4.37. The quantitative estimate of drug-likeness (QED) is 0.874. The van der Waals surface area contributed by atoms with Crippen LogP contribution < -0.4 is 5.73 Å². The van der Waals surface area contributed by atoms with E-state index < -0.39 is 0 Å². The number of aryl methyl sites for hydroxylation is 1. The van der Waals surface area contributed by atoms with Crippen molar-refractivity contribution >= 4 is 27.7 Å². The van der Waals surface area contributed by atoms with Gasteiger partial charge in [0, 0.05) is 27.8 Å². The molecular formula is C13H14BrN3S. The van der Waals surface area contributed by atoms with Gasteiger partial charge in [0.2, 0.25) is 0 Å². The Morgan fingerprint density at radius 2 is 1.94 bits per heavy atom. The minimum absolute atomic E-state index is 0.0379. The van der Waals surface area contributed by atoms with E-state index in [9.17, 15) is 0 Å². The molecule has 0 amide bonds. The van der Waals surface area contributed by atoms with Gasteiger partial charge in [0.25, 0.3) is 0 Å². The Bertz CT molecular complexity index is 540. The molecule has 1 aromatic carbocycles. The summed E-state index contributed by atoms with van der Waals surface area (Å²) in [5, 5.41) is 0.745. The van der Waals surface area contributed by atoms with Crippen LogP contribution in [0.5, 0.6) is 0 Å². The second-order valence-corrected chi connectivity index (χ2v) is 5.99. The second kappa shape index (κ2) is 5.82. The predicted molar refractivity (Wildman–Crippen MR) is 77.6 cm³/mol. The standard InChI is InChI=1S/C13H14BrN3S/c1-8-6-16-13(17-7-8)18-12-4-3-10(9(2)15)5-11(12)14/h3-7,9H,15H2,1-2H3. The molecule has 0 saturated heterocycles. The molecule has 0 saturated carbocycles. The van der Waals surface area contributed by atoms with E-state index in [1.165, 1.54) is 11.8 Å². The molecule has 1 atom stereocenters. The van der Waals surface area contributed by atoms with Crippen molar-refractivity contribution < 1.29 is 0 Å². The summed E-state index contributed by atoms with van der Waals surface area (Å²) in [6.07, 6.45) is 3.64. The van der Waals surface area contributed by atoms with Crippen molar-refractivity contribution in [2.24, 2.45) is 5.73 Å². The first kappa shape index (κ1) is 13.5. The van der Waals surface area contributed by atoms with Gasteiger partial charge in [-0.15, -0.1) is 0 Å². The first-order valence-corrected chi connectivity index (χ1v) is 7.19. The number of halogens is 1. The van der Waals surface area contributed by atoms with Crippen LogP contribution in [0, 0.1) is 6.92 Å². The van der Waals surface area contributed by atoms with Crippen molar-refractivity contribution in [3.8, 4) is 0 Å². The van der Waals surface area contributed by atoms with Crippen LogP contribution in [0.3, 0.4) is 0 Å². The van der Waals surface area contributed by atoms with Gasteiger partial charge in [-0.2, -0.15) is 0 Å². The molecule has 2 N–H and O–H groups in total. The molecule has 3 nitrogen and oxygen atoms in total. The number of hydrogen-bond acceptors (Lipinski definition) is 4. The van der Waals surface area contributed by atoms with E-state index in [2.05, 4.69) is 25.9 Å². The highest BCUT2D eigenvalue weighted by atomic mass is 79.9. The van der Waals surface area contributed by atoms with E-state index >= 15 is 0 Å². The lowest BCUT2D eigenvalue weighted by molar-refractivity contribution is 0.815. The van der Waals surface area contributed by atoms with E-state index in [1.54, 1.807) is 0 Å². The average Bonchev–Trinajstić information content (AvgIpc) is 2.34. The lowest BCUT2D eigenvalue weighted by Crippen LogP contribution is -2.04. The molecule has 2 rings (SSSR count). The lowest BCUT2D eigenvalue weighted by atomic mass is 10.1. The van der Waals surface area contributed by atoms with Gasteiger partial charge in [-0.25, -0.2) is 9.97 Å². The summed E-state index contributed by atoms with van der Waals surface area (Å²) in [6.45, 7) is 3.94. The minimum Gasteiger partial charge on any atom is -0.324 e. The Labute approximate surface area is 119 Å². The normalized spacial score (nSPS) is 12.4. The zero-order valence-corrected chi connectivity index (χ0v) is 12.6. The molecule has 5 heteroatoms. The van der Waals surface area contributed by atoms with Crippen LogP contribution in [0.25, 0.3) is 0 Å². The topological polar surface area (TPSA) is 51.8 Å². The van der Waals surface area contributed by atoms with E-state index in [4.69, 9.17) is 5.73 Å². The monoisotopic (exact) mass is 323 g/mol. The number of nitrogens with two attached hydrogens (primary N) is 1. The SMILES string of the molecule is Cc1cnc(Sc2ccc(C(C)N)cc2Br)nc1. The number of nitrogens with zero attached hydrogens (tertiary/aromatic N) is 2. The van der Waals surface area contributed by atoms with Crippen LogP contribution in [0.1, 0.15) is 24.1 Å². The van der Waals surface area contributed by atoms with Crippen molar-refractivity contribution in [1.82, 2.24) is 9.97 Å². The fourth-order valence-electron chi connectivity index (χ4n) is 1.41. The van der Waals surface area contributed by atoms with Crippen LogP contribution >= 0.6 is 27.7 Å². The Balaban J connectivity index is 2.22. The molecule has 1 heterocycles. The van der Waals surface area contributed by atoms with Gasteiger partial charge in [0.15, 0.2) is 5.16 Å². The molecule has 18 heavy (non-hydrogen) atoms. The molecule has 2 aromatic rings. The Hall–Kier alpha value is -0.910. The van der Waals surface area contributed by atoms with E-state index in [-0.39, 0.29) is 6.04 Å². The van der Waals surface area contributed by atoms with Gasteiger partial charge in [-0.05, 0) is 64.8 Å². The number of hydrogen-bond donors (Lipinski definition) is 1. The summed E-state index contributed by atoms with van der Waals surface area (Å²) in [5.74, 6) is 0. The van der Waals surface area contributed by atoms with Crippen molar-refractivity contribution in [3.63, 3.8) is 0 Å². The van der Waals surface area contributed by atoms with Crippen LogP contribution in [0.15, 0.2) is 45.1 Å². The molecule has 1 unspecified atom stereocenters. The van der Waals surface area contributed by atoms with Crippen molar-refractivity contribution in [1.29, 1.82) is 0 Å². The van der Waals surface area contributed by atoms with Gasteiger partial charge in [-0.1, -0.05) is 6.07 Å². The molecule has 0 bridgehead atoms. The maximum Gasteiger partial charge on any atom is 0.192 e. The summed E-state index contributed by atoms with van der Waals surface area (Å²) in [7, 11) is 0. The first-order chi connectivity index (χ1) is 8.56. The summed E-state index contributed by atoms with van der Waals surface area (Å²) >= 11 is 5.09. The summed E-state index contributed by atoms with van der Waals surface area (Å²) in [5.41, 5.74) is 8.02. The van der Waals surface area contributed by atoms with Crippen molar-refractivity contribution in [2.75, 3.05) is 0 Å². The van der Waals surface area contributed by atoms with Gasteiger partial charge in [0.1, 0.15) is 0 Å². The lowest BCUT2D eigenvalue weighted by Gasteiger charge is -2.09. The molecule has 94 valence electrons. The van der Waals surface area contributed by atoms with Crippen LogP contribution in [0.4, 0.5) is 0 Å². The summed E-state index contributed by atoms with van der Waals surface area (Å²) in [6, 6.07) is 6.15.